The third-order valence-electron chi connectivity index (χ3n) is 4.05. The largest absolute Gasteiger partial charge is 0.432 e. The molecule has 1 N–H and O–H groups in total. The van der Waals surface area contributed by atoms with Crippen molar-refractivity contribution >= 4 is 28.5 Å². The molecule has 0 saturated carbocycles. The molecule has 142 valence electrons. The predicted octanol–water partition coefficient (Wildman–Crippen LogP) is 3.70. The first-order chi connectivity index (χ1) is 13.5. The van der Waals surface area contributed by atoms with Gasteiger partial charge in [-0.25, -0.2) is 39.2 Å². The highest BCUT2D eigenvalue weighted by molar-refractivity contribution is 7.12. The number of carbonyl (C=O) groups excluding carboxylic acids is 1. The highest BCUT2D eigenvalue weighted by Gasteiger charge is 2.15. The molecule has 0 aromatic carbocycles. The molecule has 4 heterocycles. The summed E-state index contributed by atoms with van der Waals surface area (Å²) in [4.78, 5) is 29.1. The number of aryl methyl sites for hydroxylation is 2. The van der Waals surface area contributed by atoms with E-state index >= 15 is 0 Å². The minimum Gasteiger partial charge on any atom is -0.406 e. The van der Waals surface area contributed by atoms with Crippen LogP contribution in [-0.2, 0) is 6.42 Å². The molecule has 0 bridgehead atoms. The van der Waals surface area contributed by atoms with E-state index in [2.05, 4.69) is 25.4 Å². The van der Waals surface area contributed by atoms with Crippen molar-refractivity contribution in [3.05, 3.63) is 53.3 Å². The van der Waals surface area contributed by atoms with Crippen LogP contribution in [0.5, 0.6) is 5.75 Å². The number of thiazole rings is 1. The standard InChI is InChI=1S/C18H15FN6O2S/c1-3-11-9-25(16-13(11)6-12(19)7-22-16)24-18(26)27-14-8-21-15(23-10(14)2)17-20-4-5-28-17/h4-9H,3H2,1-2H3,(H,24,26). The number of halogens is 1. The minimum absolute atomic E-state index is 0.226. The average Bonchev–Trinajstić information content (AvgIpc) is 3.31. The Balaban J connectivity index is 1.54. The van der Waals surface area contributed by atoms with Crippen LogP contribution in [0.15, 0.2) is 36.2 Å². The molecule has 0 aliphatic rings. The molecule has 1 amide bonds. The smallest absolute Gasteiger partial charge is 0.406 e. The number of rotatable bonds is 4. The van der Waals surface area contributed by atoms with Crippen molar-refractivity contribution in [3.63, 3.8) is 0 Å². The van der Waals surface area contributed by atoms with Gasteiger partial charge in [0.15, 0.2) is 22.2 Å². The molecule has 0 atom stereocenters. The summed E-state index contributed by atoms with van der Waals surface area (Å²) in [5.74, 6) is 0.259. The topological polar surface area (TPSA) is 94.8 Å². The number of hydrogen-bond donors (Lipinski definition) is 1. The lowest BCUT2D eigenvalue weighted by atomic mass is 10.2. The first-order valence-corrected chi connectivity index (χ1v) is 9.31. The number of carbonyl (C=O) groups is 1. The first-order valence-electron chi connectivity index (χ1n) is 8.43. The van der Waals surface area contributed by atoms with Crippen LogP contribution >= 0.6 is 11.3 Å². The predicted molar refractivity (Wildman–Crippen MR) is 102 cm³/mol. The highest BCUT2D eigenvalue weighted by atomic mass is 32.1. The number of ether oxygens (including phenoxy) is 1. The molecule has 0 spiro atoms. The Kier molecular flexibility index (Phi) is 4.70. The maximum Gasteiger partial charge on any atom is 0.432 e. The van der Waals surface area contributed by atoms with E-state index in [-0.39, 0.29) is 5.75 Å². The van der Waals surface area contributed by atoms with Gasteiger partial charge in [0.05, 0.1) is 18.1 Å². The minimum atomic E-state index is -0.737. The number of aromatic nitrogens is 5. The van der Waals surface area contributed by atoms with E-state index in [0.29, 0.717) is 34.0 Å². The molecule has 0 aliphatic carbocycles. The van der Waals surface area contributed by atoms with Crippen molar-refractivity contribution in [2.24, 2.45) is 0 Å². The van der Waals surface area contributed by atoms with Crippen LogP contribution < -0.4 is 10.2 Å². The molecule has 0 fully saturated rings. The Morgan fingerprint density at radius 1 is 1.32 bits per heavy atom. The van der Waals surface area contributed by atoms with Crippen LogP contribution in [0.1, 0.15) is 18.2 Å². The van der Waals surface area contributed by atoms with Gasteiger partial charge in [-0.15, -0.1) is 11.3 Å². The zero-order valence-electron chi connectivity index (χ0n) is 15.0. The summed E-state index contributed by atoms with van der Waals surface area (Å²) in [5.41, 5.74) is 4.37. The van der Waals surface area contributed by atoms with Crippen molar-refractivity contribution in [1.29, 1.82) is 0 Å². The van der Waals surface area contributed by atoms with Crippen LogP contribution in [0.25, 0.3) is 21.9 Å². The molecule has 8 nitrogen and oxygen atoms in total. The molecule has 0 aliphatic heterocycles. The summed E-state index contributed by atoms with van der Waals surface area (Å²) < 4.78 is 20.2. The quantitative estimate of drug-likeness (QED) is 0.563. The molecule has 0 saturated heterocycles. The van der Waals surface area contributed by atoms with Gasteiger partial charge in [-0.3, -0.25) is 0 Å². The van der Waals surface area contributed by atoms with Crippen molar-refractivity contribution in [2.45, 2.75) is 20.3 Å². The van der Waals surface area contributed by atoms with E-state index < -0.39 is 11.9 Å². The van der Waals surface area contributed by atoms with Crippen molar-refractivity contribution in [2.75, 3.05) is 5.43 Å². The average molecular weight is 398 g/mol. The Labute approximate surface area is 163 Å². The summed E-state index contributed by atoms with van der Waals surface area (Å²) in [6, 6.07) is 1.39. The Hall–Kier alpha value is -3.40. The number of pyridine rings is 1. The molecular formula is C18H15FN6O2S. The van der Waals surface area contributed by atoms with Crippen molar-refractivity contribution < 1.29 is 13.9 Å². The SMILES string of the molecule is CCc1cn(NC(=O)Oc2cnc(-c3nccs3)nc2C)c2ncc(F)cc12. The van der Waals surface area contributed by atoms with E-state index in [1.165, 1.54) is 28.3 Å². The lowest BCUT2D eigenvalue weighted by molar-refractivity contribution is 0.211. The second-order valence-corrected chi connectivity index (χ2v) is 6.78. The fraction of sp³-hybridized carbons (Fsp3) is 0.167. The van der Waals surface area contributed by atoms with Crippen molar-refractivity contribution in [1.82, 2.24) is 24.6 Å². The lowest BCUT2D eigenvalue weighted by Crippen LogP contribution is -2.26. The van der Waals surface area contributed by atoms with Gasteiger partial charge in [0.2, 0.25) is 0 Å². The van der Waals surface area contributed by atoms with Gasteiger partial charge in [-0.2, -0.15) is 0 Å². The molecular weight excluding hydrogens is 383 g/mol. The Morgan fingerprint density at radius 3 is 2.89 bits per heavy atom. The second-order valence-electron chi connectivity index (χ2n) is 5.88. The molecule has 4 aromatic heterocycles. The Morgan fingerprint density at radius 2 is 2.18 bits per heavy atom. The second kappa shape index (κ2) is 7.31. The van der Waals surface area contributed by atoms with E-state index in [9.17, 15) is 9.18 Å². The van der Waals surface area contributed by atoms with E-state index in [0.717, 1.165) is 11.8 Å². The molecule has 0 radical (unpaired) electrons. The fourth-order valence-corrected chi connectivity index (χ4v) is 3.30. The van der Waals surface area contributed by atoms with Gasteiger partial charge in [-0.1, -0.05) is 6.92 Å². The molecule has 4 aromatic rings. The molecule has 28 heavy (non-hydrogen) atoms. The number of fused-ring (bicyclic) bond motifs is 1. The number of nitrogens with zero attached hydrogens (tertiary/aromatic N) is 5. The summed E-state index contributed by atoms with van der Waals surface area (Å²) in [6.07, 6.45) is 5.81. The van der Waals surface area contributed by atoms with E-state index in [1.807, 2.05) is 12.3 Å². The summed E-state index contributed by atoms with van der Waals surface area (Å²) >= 11 is 1.42. The summed E-state index contributed by atoms with van der Waals surface area (Å²) in [7, 11) is 0. The van der Waals surface area contributed by atoms with Crippen LogP contribution in [0.3, 0.4) is 0 Å². The first kappa shape index (κ1) is 18.0. The summed E-state index contributed by atoms with van der Waals surface area (Å²) in [6.45, 7) is 3.65. The molecule has 10 heteroatoms. The van der Waals surface area contributed by atoms with Crippen LogP contribution in [0, 0.1) is 12.7 Å². The van der Waals surface area contributed by atoms with Gasteiger partial charge in [0, 0.05) is 23.2 Å². The molecule has 0 unspecified atom stereocenters. The number of amides is 1. The number of hydrogen-bond acceptors (Lipinski definition) is 7. The Bertz CT molecular complexity index is 1160. The zero-order chi connectivity index (χ0) is 19.7. The third kappa shape index (κ3) is 3.41. The van der Waals surface area contributed by atoms with Crippen LogP contribution in [-0.4, -0.2) is 30.7 Å². The third-order valence-corrected chi connectivity index (χ3v) is 4.81. The monoisotopic (exact) mass is 398 g/mol. The highest BCUT2D eigenvalue weighted by Crippen LogP contribution is 2.23. The van der Waals surface area contributed by atoms with Crippen molar-refractivity contribution in [3.8, 4) is 16.6 Å². The normalized spacial score (nSPS) is 11.0. The zero-order valence-corrected chi connectivity index (χ0v) is 15.8. The summed E-state index contributed by atoms with van der Waals surface area (Å²) in [5, 5.41) is 3.15. The van der Waals surface area contributed by atoms with Gasteiger partial charge in [-0.05, 0) is 25.0 Å². The van der Waals surface area contributed by atoms with Crippen LogP contribution in [0.4, 0.5) is 9.18 Å². The maximum absolute atomic E-state index is 13.5. The van der Waals surface area contributed by atoms with Gasteiger partial charge in [0.25, 0.3) is 0 Å². The van der Waals surface area contributed by atoms with Gasteiger partial charge in [0.1, 0.15) is 5.82 Å². The van der Waals surface area contributed by atoms with E-state index in [4.69, 9.17) is 4.74 Å². The fourth-order valence-electron chi connectivity index (χ4n) is 2.73. The van der Waals surface area contributed by atoms with Gasteiger partial charge < -0.3 is 4.74 Å². The molecule has 4 rings (SSSR count). The number of nitrogens with one attached hydrogen (secondary N) is 1. The van der Waals surface area contributed by atoms with E-state index in [1.54, 1.807) is 19.3 Å². The van der Waals surface area contributed by atoms with Crippen LogP contribution in [0.2, 0.25) is 0 Å². The maximum atomic E-state index is 13.5. The lowest BCUT2D eigenvalue weighted by Gasteiger charge is -2.09. The van der Waals surface area contributed by atoms with Gasteiger partial charge >= 0.3 is 6.09 Å².